The van der Waals surface area contributed by atoms with E-state index in [4.69, 9.17) is 0 Å². The lowest BCUT2D eigenvalue weighted by molar-refractivity contribution is -0.297. The molecule has 0 aliphatic heterocycles. The SMILES string of the molecule is Cc1ccncc1/C=C/C(=O)[O-]. The van der Waals surface area contributed by atoms with E-state index in [-0.39, 0.29) is 0 Å². The van der Waals surface area contributed by atoms with Crippen LogP contribution in [0.1, 0.15) is 11.1 Å². The number of aryl methyl sites for hydroxylation is 1. The molecular formula is C9H8NO2-. The van der Waals surface area contributed by atoms with Crippen molar-refractivity contribution in [2.75, 3.05) is 0 Å². The molecule has 1 heterocycles. The van der Waals surface area contributed by atoms with Crippen molar-refractivity contribution in [2.24, 2.45) is 0 Å². The van der Waals surface area contributed by atoms with Crippen molar-refractivity contribution in [3.05, 3.63) is 35.7 Å². The van der Waals surface area contributed by atoms with E-state index in [1.54, 1.807) is 12.4 Å². The first-order valence-electron chi connectivity index (χ1n) is 3.50. The van der Waals surface area contributed by atoms with Gasteiger partial charge in [0.2, 0.25) is 0 Å². The van der Waals surface area contributed by atoms with Crippen molar-refractivity contribution < 1.29 is 9.90 Å². The third-order valence-corrected chi connectivity index (χ3v) is 1.48. The van der Waals surface area contributed by atoms with E-state index in [9.17, 15) is 9.90 Å². The standard InChI is InChI=1S/C9H9NO2/c1-7-4-5-10-6-8(7)2-3-9(11)12/h2-6H,1H3,(H,11,12)/p-1/b3-2+. The van der Waals surface area contributed by atoms with E-state index in [1.807, 2.05) is 13.0 Å². The van der Waals surface area contributed by atoms with Gasteiger partial charge >= 0.3 is 0 Å². The predicted molar refractivity (Wildman–Crippen MR) is 43.0 cm³/mol. The molecule has 0 saturated carbocycles. The van der Waals surface area contributed by atoms with Gasteiger partial charge in [0.1, 0.15) is 0 Å². The van der Waals surface area contributed by atoms with Crippen molar-refractivity contribution >= 4 is 12.0 Å². The molecule has 0 aliphatic rings. The van der Waals surface area contributed by atoms with Crippen LogP contribution in [-0.4, -0.2) is 11.0 Å². The van der Waals surface area contributed by atoms with E-state index >= 15 is 0 Å². The van der Waals surface area contributed by atoms with Crippen LogP contribution in [0.3, 0.4) is 0 Å². The number of hydrogen-bond acceptors (Lipinski definition) is 3. The number of carbonyl (C=O) groups excluding carboxylic acids is 1. The van der Waals surface area contributed by atoms with Crippen LogP contribution >= 0.6 is 0 Å². The Balaban J connectivity index is 2.89. The van der Waals surface area contributed by atoms with Crippen LogP contribution in [0.15, 0.2) is 24.5 Å². The Bertz CT molecular complexity index is 318. The summed E-state index contributed by atoms with van der Waals surface area (Å²) in [4.78, 5) is 13.9. The largest absolute Gasteiger partial charge is 0.545 e. The van der Waals surface area contributed by atoms with Crippen molar-refractivity contribution in [2.45, 2.75) is 6.92 Å². The molecule has 3 heteroatoms. The number of aromatic nitrogens is 1. The third-order valence-electron chi connectivity index (χ3n) is 1.48. The third kappa shape index (κ3) is 2.20. The highest BCUT2D eigenvalue weighted by Gasteiger charge is 1.90. The highest BCUT2D eigenvalue weighted by atomic mass is 16.4. The van der Waals surface area contributed by atoms with Gasteiger partial charge in [-0.2, -0.15) is 0 Å². The van der Waals surface area contributed by atoms with Crippen LogP contribution in [0.25, 0.3) is 6.08 Å². The number of pyridine rings is 1. The van der Waals surface area contributed by atoms with Crippen LogP contribution in [0, 0.1) is 6.92 Å². The molecule has 0 spiro atoms. The number of aliphatic carboxylic acids is 1. The summed E-state index contributed by atoms with van der Waals surface area (Å²) in [7, 11) is 0. The Morgan fingerprint density at radius 3 is 3.00 bits per heavy atom. The lowest BCUT2D eigenvalue weighted by Crippen LogP contribution is -2.18. The van der Waals surface area contributed by atoms with Crippen molar-refractivity contribution in [1.82, 2.24) is 4.98 Å². The number of rotatable bonds is 2. The number of nitrogens with zero attached hydrogens (tertiary/aromatic N) is 1. The maximum absolute atomic E-state index is 10.1. The second kappa shape index (κ2) is 3.67. The Morgan fingerprint density at radius 1 is 1.67 bits per heavy atom. The number of carboxylic acid groups (broad SMARTS) is 1. The minimum Gasteiger partial charge on any atom is -0.545 e. The van der Waals surface area contributed by atoms with Gasteiger partial charge in [-0.15, -0.1) is 0 Å². The summed E-state index contributed by atoms with van der Waals surface area (Å²) in [6.45, 7) is 1.89. The van der Waals surface area contributed by atoms with Crippen molar-refractivity contribution in [1.29, 1.82) is 0 Å². The number of hydrogen-bond donors (Lipinski definition) is 0. The molecule has 0 atom stereocenters. The van der Waals surface area contributed by atoms with Gasteiger partial charge in [0.25, 0.3) is 0 Å². The molecule has 0 fully saturated rings. The average Bonchev–Trinajstić information content (AvgIpc) is 2.03. The zero-order valence-corrected chi connectivity index (χ0v) is 6.65. The summed E-state index contributed by atoms with van der Waals surface area (Å²) >= 11 is 0. The van der Waals surface area contributed by atoms with E-state index < -0.39 is 5.97 Å². The Kier molecular flexibility index (Phi) is 2.58. The molecule has 0 unspecified atom stereocenters. The minimum atomic E-state index is -1.20. The molecule has 0 bridgehead atoms. The minimum absolute atomic E-state index is 0.793. The summed E-state index contributed by atoms with van der Waals surface area (Å²) in [5.41, 5.74) is 1.78. The first kappa shape index (κ1) is 8.46. The summed E-state index contributed by atoms with van der Waals surface area (Å²) in [5.74, 6) is -1.20. The Hall–Kier alpha value is -1.64. The molecule has 1 aromatic heterocycles. The molecule has 0 aromatic carbocycles. The van der Waals surface area contributed by atoms with Gasteiger partial charge in [-0.25, -0.2) is 0 Å². The second-order valence-electron chi connectivity index (χ2n) is 2.38. The number of carbonyl (C=O) groups is 1. The fraction of sp³-hybridized carbons (Fsp3) is 0.111. The normalized spacial score (nSPS) is 10.4. The lowest BCUT2D eigenvalue weighted by Gasteiger charge is -1.97. The smallest absolute Gasteiger partial charge is 0.0643 e. The quantitative estimate of drug-likeness (QED) is 0.582. The maximum atomic E-state index is 10.1. The van der Waals surface area contributed by atoms with Gasteiger partial charge in [0.05, 0.1) is 5.97 Å². The van der Waals surface area contributed by atoms with Gasteiger partial charge in [0.15, 0.2) is 0 Å². The molecule has 1 rings (SSSR count). The molecule has 0 saturated heterocycles. The summed E-state index contributed by atoms with van der Waals surface area (Å²) in [6, 6.07) is 1.81. The monoisotopic (exact) mass is 162 g/mol. The van der Waals surface area contributed by atoms with Crippen molar-refractivity contribution in [3.8, 4) is 0 Å². The van der Waals surface area contributed by atoms with Gasteiger partial charge < -0.3 is 9.90 Å². The van der Waals surface area contributed by atoms with Crippen LogP contribution in [0.2, 0.25) is 0 Å². The van der Waals surface area contributed by atoms with Crippen LogP contribution in [0.5, 0.6) is 0 Å². The molecule has 0 aliphatic carbocycles. The summed E-state index contributed by atoms with van der Waals surface area (Å²) < 4.78 is 0. The van der Waals surface area contributed by atoms with Crippen molar-refractivity contribution in [3.63, 3.8) is 0 Å². The van der Waals surface area contributed by atoms with E-state index in [2.05, 4.69) is 4.98 Å². The van der Waals surface area contributed by atoms with Crippen LogP contribution in [0.4, 0.5) is 0 Å². The Morgan fingerprint density at radius 2 is 2.42 bits per heavy atom. The predicted octanol–water partition coefficient (Wildman–Crippen LogP) is 0.153. The molecule has 12 heavy (non-hydrogen) atoms. The van der Waals surface area contributed by atoms with E-state index in [1.165, 1.54) is 6.08 Å². The summed E-state index contributed by atoms with van der Waals surface area (Å²) in [6.07, 6.45) is 5.72. The average molecular weight is 162 g/mol. The first-order chi connectivity index (χ1) is 5.70. The van der Waals surface area contributed by atoms with Crippen LogP contribution in [-0.2, 0) is 4.79 Å². The fourth-order valence-corrected chi connectivity index (χ4v) is 0.809. The topological polar surface area (TPSA) is 53.0 Å². The molecule has 0 radical (unpaired) electrons. The highest BCUT2D eigenvalue weighted by molar-refractivity contribution is 5.83. The molecular weight excluding hydrogens is 154 g/mol. The number of carboxylic acids is 1. The lowest BCUT2D eigenvalue weighted by atomic mass is 10.1. The molecule has 0 amide bonds. The molecule has 1 aromatic rings. The Labute approximate surface area is 70.4 Å². The van der Waals surface area contributed by atoms with Gasteiger partial charge in [-0.3, -0.25) is 4.98 Å². The van der Waals surface area contributed by atoms with E-state index in [0.717, 1.165) is 17.2 Å². The van der Waals surface area contributed by atoms with Gasteiger partial charge in [-0.1, -0.05) is 6.08 Å². The fourth-order valence-electron chi connectivity index (χ4n) is 0.809. The van der Waals surface area contributed by atoms with Crippen LogP contribution < -0.4 is 5.11 Å². The molecule has 62 valence electrons. The van der Waals surface area contributed by atoms with Gasteiger partial charge in [0, 0.05) is 12.4 Å². The molecule has 0 N–H and O–H groups in total. The zero-order valence-electron chi connectivity index (χ0n) is 6.65. The summed E-state index contributed by atoms with van der Waals surface area (Å²) in [5, 5.41) is 10.1. The highest BCUT2D eigenvalue weighted by Crippen LogP contribution is 2.06. The first-order valence-corrected chi connectivity index (χ1v) is 3.50. The molecule has 3 nitrogen and oxygen atoms in total. The van der Waals surface area contributed by atoms with Gasteiger partial charge in [-0.05, 0) is 30.2 Å². The van der Waals surface area contributed by atoms with E-state index in [0.29, 0.717) is 0 Å². The zero-order chi connectivity index (χ0) is 8.97. The second-order valence-corrected chi connectivity index (χ2v) is 2.38. The maximum Gasteiger partial charge on any atom is 0.0643 e.